The van der Waals surface area contributed by atoms with E-state index in [0.29, 0.717) is 16.6 Å². The Kier molecular flexibility index (Phi) is 4.25. The Bertz CT molecular complexity index is 436. The molecular weight excluding hydrogens is 248 g/mol. The Labute approximate surface area is 113 Å². The van der Waals surface area contributed by atoms with Crippen LogP contribution < -0.4 is 4.90 Å². The molecule has 0 amide bonds. The lowest BCUT2D eigenvalue weighted by Crippen LogP contribution is -2.51. The van der Waals surface area contributed by atoms with Gasteiger partial charge in [0.15, 0.2) is 6.29 Å². The number of halogens is 1. The number of hydrogen-bond donors (Lipinski definition) is 0. The average molecular weight is 267 g/mol. The van der Waals surface area contributed by atoms with Gasteiger partial charge in [-0.05, 0) is 31.7 Å². The lowest BCUT2D eigenvalue weighted by molar-refractivity contribution is 0.112. The molecule has 98 valence electrons. The number of carbonyl (C=O) groups is 1. The first-order valence-corrected chi connectivity index (χ1v) is 6.73. The van der Waals surface area contributed by atoms with Gasteiger partial charge in [0.1, 0.15) is 0 Å². The minimum Gasteiger partial charge on any atom is -0.368 e. The van der Waals surface area contributed by atoms with E-state index in [1.807, 2.05) is 12.1 Å². The number of rotatable bonds is 3. The van der Waals surface area contributed by atoms with Gasteiger partial charge in [-0.3, -0.25) is 9.69 Å². The van der Waals surface area contributed by atoms with Crippen LogP contribution in [0.1, 0.15) is 23.7 Å². The molecule has 0 spiro atoms. The van der Waals surface area contributed by atoms with Crippen molar-refractivity contribution in [3.63, 3.8) is 0 Å². The molecule has 1 fully saturated rings. The van der Waals surface area contributed by atoms with E-state index in [2.05, 4.69) is 23.8 Å². The van der Waals surface area contributed by atoms with E-state index < -0.39 is 0 Å². The van der Waals surface area contributed by atoms with E-state index in [4.69, 9.17) is 11.6 Å². The van der Waals surface area contributed by atoms with Crippen molar-refractivity contribution in [3.05, 3.63) is 28.8 Å². The van der Waals surface area contributed by atoms with Crippen molar-refractivity contribution >= 4 is 23.6 Å². The predicted molar refractivity (Wildman–Crippen MR) is 75.8 cm³/mol. The molecule has 1 heterocycles. The zero-order chi connectivity index (χ0) is 13.1. The van der Waals surface area contributed by atoms with Crippen LogP contribution in [0.15, 0.2) is 18.2 Å². The van der Waals surface area contributed by atoms with Gasteiger partial charge in [-0.15, -0.1) is 0 Å². The van der Waals surface area contributed by atoms with Crippen LogP contribution in [0.25, 0.3) is 0 Å². The second kappa shape index (κ2) is 5.72. The van der Waals surface area contributed by atoms with Gasteiger partial charge in [0, 0.05) is 41.9 Å². The molecule has 0 N–H and O–H groups in total. The van der Waals surface area contributed by atoms with Gasteiger partial charge in [0.05, 0.1) is 0 Å². The second-order valence-electron chi connectivity index (χ2n) is 4.81. The minimum absolute atomic E-state index is 0.550. The Morgan fingerprint density at radius 3 is 2.89 bits per heavy atom. The molecule has 2 rings (SSSR count). The minimum atomic E-state index is 0.550. The lowest BCUT2D eigenvalue weighted by atomic mass is 10.1. The summed E-state index contributed by atoms with van der Waals surface area (Å²) >= 11 is 5.93. The Balaban J connectivity index is 2.24. The predicted octanol–water partition coefficient (Wildman–Crippen LogP) is 2.68. The maximum Gasteiger partial charge on any atom is 0.152 e. The fraction of sp³-hybridized carbons (Fsp3) is 0.500. The zero-order valence-electron chi connectivity index (χ0n) is 10.9. The first kappa shape index (κ1) is 13.4. The SMILES string of the molecule is CCC1CN(c2ccc(Cl)cc2C=O)CCN1C. The third-order valence-electron chi connectivity index (χ3n) is 3.71. The van der Waals surface area contributed by atoms with Crippen molar-refractivity contribution < 1.29 is 4.79 Å². The maximum atomic E-state index is 11.1. The maximum absolute atomic E-state index is 11.1. The summed E-state index contributed by atoms with van der Waals surface area (Å²) in [6.45, 7) is 5.15. The fourth-order valence-electron chi connectivity index (χ4n) is 2.51. The fourth-order valence-corrected chi connectivity index (χ4v) is 2.69. The molecule has 1 unspecified atom stereocenters. The lowest BCUT2D eigenvalue weighted by Gasteiger charge is -2.40. The quantitative estimate of drug-likeness (QED) is 0.786. The van der Waals surface area contributed by atoms with Crippen molar-refractivity contribution in [1.29, 1.82) is 0 Å². The van der Waals surface area contributed by atoms with E-state index >= 15 is 0 Å². The highest BCUT2D eigenvalue weighted by molar-refractivity contribution is 6.31. The monoisotopic (exact) mass is 266 g/mol. The first-order chi connectivity index (χ1) is 8.65. The van der Waals surface area contributed by atoms with E-state index in [1.165, 1.54) is 0 Å². The van der Waals surface area contributed by atoms with Gasteiger partial charge in [0.25, 0.3) is 0 Å². The van der Waals surface area contributed by atoms with Crippen LogP contribution in [0.3, 0.4) is 0 Å². The van der Waals surface area contributed by atoms with Crippen LogP contribution >= 0.6 is 11.6 Å². The Morgan fingerprint density at radius 2 is 2.22 bits per heavy atom. The van der Waals surface area contributed by atoms with E-state index in [1.54, 1.807) is 6.07 Å². The summed E-state index contributed by atoms with van der Waals surface area (Å²) in [5.41, 5.74) is 1.68. The van der Waals surface area contributed by atoms with Gasteiger partial charge < -0.3 is 4.90 Å². The first-order valence-electron chi connectivity index (χ1n) is 6.35. The molecule has 0 radical (unpaired) electrons. The molecule has 1 aliphatic heterocycles. The highest BCUT2D eigenvalue weighted by atomic mass is 35.5. The van der Waals surface area contributed by atoms with Crippen molar-refractivity contribution in [2.45, 2.75) is 19.4 Å². The van der Waals surface area contributed by atoms with Gasteiger partial charge in [-0.25, -0.2) is 0 Å². The van der Waals surface area contributed by atoms with Crippen molar-refractivity contribution in [1.82, 2.24) is 4.90 Å². The smallest absolute Gasteiger partial charge is 0.152 e. The van der Waals surface area contributed by atoms with Crippen LogP contribution in [-0.4, -0.2) is 43.9 Å². The van der Waals surface area contributed by atoms with Gasteiger partial charge in [-0.1, -0.05) is 18.5 Å². The summed E-state index contributed by atoms with van der Waals surface area (Å²) in [5.74, 6) is 0. The van der Waals surface area contributed by atoms with E-state index in [9.17, 15) is 4.79 Å². The third-order valence-corrected chi connectivity index (χ3v) is 3.94. The summed E-state index contributed by atoms with van der Waals surface area (Å²) in [6.07, 6.45) is 2.01. The van der Waals surface area contributed by atoms with E-state index in [-0.39, 0.29) is 0 Å². The van der Waals surface area contributed by atoms with Crippen molar-refractivity contribution in [3.8, 4) is 0 Å². The number of aldehydes is 1. The largest absolute Gasteiger partial charge is 0.368 e. The van der Waals surface area contributed by atoms with Crippen LogP contribution in [0, 0.1) is 0 Å². The molecule has 1 saturated heterocycles. The summed E-state index contributed by atoms with van der Waals surface area (Å²) in [6, 6.07) is 6.09. The van der Waals surface area contributed by atoms with Crippen LogP contribution in [-0.2, 0) is 0 Å². The number of anilines is 1. The third kappa shape index (κ3) is 2.68. The van der Waals surface area contributed by atoms with Gasteiger partial charge in [-0.2, -0.15) is 0 Å². The van der Waals surface area contributed by atoms with Crippen molar-refractivity contribution in [2.75, 3.05) is 31.6 Å². The number of hydrogen-bond acceptors (Lipinski definition) is 3. The molecule has 0 aliphatic carbocycles. The van der Waals surface area contributed by atoms with Crippen LogP contribution in [0.5, 0.6) is 0 Å². The molecule has 0 bridgehead atoms. The number of benzene rings is 1. The van der Waals surface area contributed by atoms with Crippen molar-refractivity contribution in [2.24, 2.45) is 0 Å². The molecule has 3 nitrogen and oxygen atoms in total. The van der Waals surface area contributed by atoms with Crippen LogP contribution in [0.4, 0.5) is 5.69 Å². The number of likely N-dealkylation sites (N-methyl/N-ethyl adjacent to an activating group) is 1. The molecule has 1 aromatic carbocycles. The number of nitrogens with zero attached hydrogens (tertiary/aromatic N) is 2. The Hall–Kier alpha value is -1.06. The highest BCUT2D eigenvalue weighted by Gasteiger charge is 2.24. The standard InChI is InChI=1S/C14H19ClN2O/c1-3-13-9-17(7-6-16(13)2)14-5-4-12(15)8-11(14)10-18/h4-5,8,10,13H,3,6-7,9H2,1-2H3. The van der Waals surface area contributed by atoms with Gasteiger partial charge >= 0.3 is 0 Å². The average Bonchev–Trinajstić information content (AvgIpc) is 2.39. The molecule has 18 heavy (non-hydrogen) atoms. The highest BCUT2D eigenvalue weighted by Crippen LogP contribution is 2.25. The summed E-state index contributed by atoms with van der Waals surface area (Å²) in [4.78, 5) is 15.8. The normalized spacial score (nSPS) is 21.1. The summed E-state index contributed by atoms with van der Waals surface area (Å²) in [7, 11) is 2.16. The Morgan fingerprint density at radius 1 is 1.44 bits per heavy atom. The topological polar surface area (TPSA) is 23.6 Å². The van der Waals surface area contributed by atoms with E-state index in [0.717, 1.165) is 38.0 Å². The second-order valence-corrected chi connectivity index (χ2v) is 5.25. The van der Waals surface area contributed by atoms with Crippen LogP contribution in [0.2, 0.25) is 5.02 Å². The zero-order valence-corrected chi connectivity index (χ0v) is 11.7. The van der Waals surface area contributed by atoms with Gasteiger partial charge in [0.2, 0.25) is 0 Å². The summed E-state index contributed by atoms with van der Waals surface area (Å²) < 4.78 is 0. The molecule has 0 saturated carbocycles. The molecular formula is C14H19ClN2O. The molecule has 0 aromatic heterocycles. The molecule has 4 heteroatoms. The summed E-state index contributed by atoms with van der Waals surface area (Å²) in [5, 5.41) is 0.613. The number of piperazine rings is 1. The molecule has 1 aromatic rings. The molecule has 1 atom stereocenters. The molecule has 1 aliphatic rings. The number of carbonyl (C=O) groups excluding carboxylic acids is 1.